The predicted molar refractivity (Wildman–Crippen MR) is 74.2 cm³/mol. The Hall–Kier alpha value is -1.88. The van der Waals surface area contributed by atoms with Crippen LogP contribution in [0.25, 0.3) is 0 Å². The smallest absolute Gasteiger partial charge is 0.303 e. The van der Waals surface area contributed by atoms with Crippen LogP contribution in [0.15, 0.2) is 24.3 Å². The fourth-order valence-corrected chi connectivity index (χ4v) is 1.99. The van der Waals surface area contributed by atoms with Gasteiger partial charge in [0.25, 0.3) is 0 Å². The molecule has 0 aromatic heterocycles. The summed E-state index contributed by atoms with van der Waals surface area (Å²) >= 11 is 0. The van der Waals surface area contributed by atoms with E-state index in [1.807, 2.05) is 0 Å². The van der Waals surface area contributed by atoms with Crippen molar-refractivity contribution in [2.24, 2.45) is 5.92 Å². The second kappa shape index (κ2) is 6.52. The zero-order chi connectivity index (χ0) is 14.5. The molecule has 5 nitrogen and oxygen atoms in total. The number of aliphatic hydroxyl groups excluding tert-OH is 1. The summed E-state index contributed by atoms with van der Waals surface area (Å²) in [5.41, 5.74) is 1.46. The molecule has 1 atom stereocenters. The Morgan fingerprint density at radius 2 is 1.90 bits per heavy atom. The third-order valence-corrected chi connectivity index (χ3v) is 3.38. The number of carbonyl (C=O) groups excluding carboxylic acids is 1. The van der Waals surface area contributed by atoms with E-state index in [-0.39, 0.29) is 18.2 Å². The standard InChI is InChI=1S/C15H19NO4/c17-13(2-1-3-14(18)19)10-6-8-12(9-7-10)16-15(20)11-4-5-11/h6-9,11,13,17H,1-5H2,(H,16,20)(H,18,19). The van der Waals surface area contributed by atoms with Gasteiger partial charge in [-0.3, -0.25) is 9.59 Å². The predicted octanol–water partition coefficient (Wildman–Crippen LogP) is 2.32. The van der Waals surface area contributed by atoms with Crippen LogP contribution in [0.2, 0.25) is 0 Å². The molecule has 3 N–H and O–H groups in total. The molecule has 108 valence electrons. The first-order valence-electron chi connectivity index (χ1n) is 6.87. The van der Waals surface area contributed by atoms with Gasteiger partial charge in [0.2, 0.25) is 5.91 Å². The number of carbonyl (C=O) groups is 2. The van der Waals surface area contributed by atoms with Gasteiger partial charge in [0.15, 0.2) is 0 Å². The quantitative estimate of drug-likeness (QED) is 0.714. The molecule has 0 spiro atoms. The molecule has 1 aliphatic carbocycles. The van der Waals surface area contributed by atoms with Crippen LogP contribution >= 0.6 is 0 Å². The number of nitrogens with one attached hydrogen (secondary N) is 1. The second-order valence-corrected chi connectivity index (χ2v) is 5.19. The van der Waals surface area contributed by atoms with E-state index >= 15 is 0 Å². The van der Waals surface area contributed by atoms with E-state index in [0.29, 0.717) is 12.8 Å². The number of aliphatic hydroxyl groups is 1. The molecular weight excluding hydrogens is 258 g/mol. The van der Waals surface area contributed by atoms with E-state index in [9.17, 15) is 14.7 Å². The fourth-order valence-electron chi connectivity index (χ4n) is 1.99. The highest BCUT2D eigenvalue weighted by Gasteiger charge is 2.29. The molecule has 0 aliphatic heterocycles. The van der Waals surface area contributed by atoms with Crippen LogP contribution in [-0.4, -0.2) is 22.1 Å². The molecule has 5 heteroatoms. The largest absolute Gasteiger partial charge is 0.481 e. The monoisotopic (exact) mass is 277 g/mol. The summed E-state index contributed by atoms with van der Waals surface area (Å²) in [6.45, 7) is 0. The Kier molecular flexibility index (Phi) is 4.74. The summed E-state index contributed by atoms with van der Waals surface area (Å²) in [6.07, 6.45) is 2.18. The lowest BCUT2D eigenvalue weighted by atomic mass is 10.0. The van der Waals surface area contributed by atoms with E-state index in [4.69, 9.17) is 5.11 Å². The highest BCUT2D eigenvalue weighted by molar-refractivity contribution is 5.93. The van der Waals surface area contributed by atoms with E-state index in [0.717, 1.165) is 24.1 Å². The van der Waals surface area contributed by atoms with Crippen LogP contribution in [0, 0.1) is 5.92 Å². The highest BCUT2D eigenvalue weighted by atomic mass is 16.4. The van der Waals surface area contributed by atoms with Gasteiger partial charge < -0.3 is 15.5 Å². The number of carboxylic acids is 1. The van der Waals surface area contributed by atoms with Gasteiger partial charge in [-0.1, -0.05) is 12.1 Å². The average Bonchev–Trinajstić information content (AvgIpc) is 3.23. The Morgan fingerprint density at radius 1 is 1.25 bits per heavy atom. The van der Waals surface area contributed by atoms with E-state index in [2.05, 4.69) is 5.32 Å². The third-order valence-electron chi connectivity index (χ3n) is 3.38. The lowest BCUT2D eigenvalue weighted by Crippen LogP contribution is -2.13. The van der Waals surface area contributed by atoms with Crippen molar-refractivity contribution in [3.63, 3.8) is 0 Å². The molecule has 1 aromatic carbocycles. The number of hydrogen-bond acceptors (Lipinski definition) is 3. The molecule has 1 amide bonds. The topological polar surface area (TPSA) is 86.6 Å². The van der Waals surface area contributed by atoms with Crippen LogP contribution < -0.4 is 5.32 Å². The lowest BCUT2D eigenvalue weighted by molar-refractivity contribution is -0.137. The number of aliphatic carboxylic acids is 1. The SMILES string of the molecule is O=C(O)CCCC(O)c1ccc(NC(=O)C2CC2)cc1. The molecule has 20 heavy (non-hydrogen) atoms. The van der Waals surface area contributed by atoms with Gasteiger partial charge >= 0.3 is 5.97 Å². The number of hydrogen-bond donors (Lipinski definition) is 3. The number of carboxylic acid groups (broad SMARTS) is 1. The first-order chi connectivity index (χ1) is 9.56. The highest BCUT2D eigenvalue weighted by Crippen LogP contribution is 2.30. The summed E-state index contributed by atoms with van der Waals surface area (Å²) in [4.78, 5) is 22.0. The van der Waals surface area contributed by atoms with Crippen molar-refractivity contribution in [1.29, 1.82) is 0 Å². The third kappa shape index (κ3) is 4.35. The Labute approximate surface area is 117 Å². The number of anilines is 1. The van der Waals surface area contributed by atoms with Gasteiger partial charge in [-0.25, -0.2) is 0 Å². The van der Waals surface area contributed by atoms with Gasteiger partial charge in [0.1, 0.15) is 0 Å². The minimum absolute atomic E-state index is 0.0553. The first-order valence-corrected chi connectivity index (χ1v) is 6.87. The molecule has 0 heterocycles. The van der Waals surface area contributed by atoms with Crippen molar-refractivity contribution in [2.75, 3.05) is 5.32 Å². The molecule has 0 radical (unpaired) electrons. The molecule has 1 aromatic rings. The van der Waals surface area contributed by atoms with Crippen molar-refractivity contribution in [3.8, 4) is 0 Å². The maximum atomic E-state index is 11.6. The molecule has 0 saturated heterocycles. The van der Waals surface area contributed by atoms with E-state index in [1.54, 1.807) is 24.3 Å². The van der Waals surface area contributed by atoms with Crippen LogP contribution in [0.1, 0.15) is 43.8 Å². The molecule has 2 rings (SSSR count). The van der Waals surface area contributed by atoms with Crippen LogP contribution in [-0.2, 0) is 9.59 Å². The van der Waals surface area contributed by atoms with Crippen molar-refractivity contribution >= 4 is 17.6 Å². The van der Waals surface area contributed by atoms with Gasteiger partial charge in [0.05, 0.1) is 6.10 Å². The molecule has 1 fully saturated rings. The van der Waals surface area contributed by atoms with Gasteiger partial charge in [-0.05, 0) is 43.4 Å². The second-order valence-electron chi connectivity index (χ2n) is 5.19. The molecule has 0 bridgehead atoms. The van der Waals surface area contributed by atoms with Crippen LogP contribution in [0.3, 0.4) is 0 Å². The first kappa shape index (κ1) is 14.5. The molecule has 1 aliphatic rings. The van der Waals surface area contributed by atoms with E-state index in [1.165, 1.54) is 0 Å². The maximum absolute atomic E-state index is 11.6. The normalized spacial score (nSPS) is 15.7. The molecule has 1 unspecified atom stereocenters. The van der Waals surface area contributed by atoms with Gasteiger partial charge in [0, 0.05) is 18.0 Å². The molecular formula is C15H19NO4. The fraction of sp³-hybridized carbons (Fsp3) is 0.467. The van der Waals surface area contributed by atoms with Crippen molar-refractivity contribution in [3.05, 3.63) is 29.8 Å². The van der Waals surface area contributed by atoms with Crippen molar-refractivity contribution < 1.29 is 19.8 Å². The number of benzene rings is 1. The van der Waals surface area contributed by atoms with Crippen LogP contribution in [0.4, 0.5) is 5.69 Å². The summed E-state index contributed by atoms with van der Waals surface area (Å²) in [5.74, 6) is -0.633. The minimum atomic E-state index is -0.852. The van der Waals surface area contributed by atoms with Crippen LogP contribution in [0.5, 0.6) is 0 Å². The summed E-state index contributed by atoms with van der Waals surface area (Å²) < 4.78 is 0. The lowest BCUT2D eigenvalue weighted by Gasteiger charge is -2.11. The average molecular weight is 277 g/mol. The maximum Gasteiger partial charge on any atom is 0.303 e. The Bertz CT molecular complexity index is 479. The zero-order valence-corrected chi connectivity index (χ0v) is 11.2. The molecule has 1 saturated carbocycles. The summed E-state index contributed by atoms with van der Waals surface area (Å²) in [7, 11) is 0. The van der Waals surface area contributed by atoms with Gasteiger partial charge in [-0.15, -0.1) is 0 Å². The summed E-state index contributed by atoms with van der Waals surface area (Å²) in [5, 5.41) is 21.3. The van der Waals surface area contributed by atoms with E-state index < -0.39 is 12.1 Å². The summed E-state index contributed by atoms with van der Waals surface area (Å²) in [6, 6.07) is 7.04. The van der Waals surface area contributed by atoms with Gasteiger partial charge in [-0.2, -0.15) is 0 Å². The zero-order valence-electron chi connectivity index (χ0n) is 11.2. The van der Waals surface area contributed by atoms with Crippen molar-refractivity contribution in [1.82, 2.24) is 0 Å². The number of amides is 1. The number of rotatable bonds is 7. The Balaban J connectivity index is 1.83. The van der Waals surface area contributed by atoms with Crippen molar-refractivity contribution in [2.45, 2.75) is 38.2 Å². The minimum Gasteiger partial charge on any atom is -0.481 e. The Morgan fingerprint density at radius 3 is 2.45 bits per heavy atom.